The number of rotatable bonds is 8. The molecule has 3 nitrogen and oxygen atoms in total. The zero-order valence-corrected chi connectivity index (χ0v) is 14.1. The van der Waals surface area contributed by atoms with Gasteiger partial charge in [0.15, 0.2) is 0 Å². The fraction of sp³-hybridized carbons (Fsp3) is 0.833. The average molecular weight is 291 g/mol. The van der Waals surface area contributed by atoms with Gasteiger partial charge in [0.25, 0.3) is 0 Å². The molecule has 1 fully saturated rings. The fourth-order valence-electron chi connectivity index (χ4n) is 3.80. The van der Waals surface area contributed by atoms with E-state index in [9.17, 15) is 0 Å². The topological polar surface area (TPSA) is 29.9 Å². The number of aromatic nitrogens is 2. The minimum atomic E-state index is 0.445. The molecular weight excluding hydrogens is 258 g/mol. The Kier molecular flexibility index (Phi) is 6.75. The van der Waals surface area contributed by atoms with Crippen LogP contribution in [-0.2, 0) is 6.54 Å². The maximum Gasteiger partial charge on any atom is 0.126 e. The molecular formula is C18H33N3. The summed E-state index contributed by atoms with van der Waals surface area (Å²) in [4.78, 5) is 4.71. The molecule has 3 atom stereocenters. The highest BCUT2D eigenvalue weighted by atomic mass is 15.1. The molecule has 2 rings (SSSR count). The largest absolute Gasteiger partial charge is 0.334 e. The quantitative estimate of drug-likeness (QED) is 0.761. The molecule has 3 unspecified atom stereocenters. The molecule has 0 saturated heterocycles. The summed E-state index contributed by atoms with van der Waals surface area (Å²) in [5, 5.41) is 3.80. The molecule has 3 heteroatoms. The first-order valence-corrected chi connectivity index (χ1v) is 9.04. The Labute approximate surface area is 130 Å². The Bertz CT molecular complexity index is 399. The van der Waals surface area contributed by atoms with Crippen molar-refractivity contribution < 1.29 is 0 Å². The van der Waals surface area contributed by atoms with Crippen LogP contribution >= 0.6 is 0 Å². The Hall–Kier alpha value is -0.830. The van der Waals surface area contributed by atoms with Gasteiger partial charge in [0.05, 0.1) is 6.04 Å². The Balaban J connectivity index is 2.14. The molecule has 1 saturated carbocycles. The molecule has 1 aliphatic carbocycles. The van der Waals surface area contributed by atoms with Crippen molar-refractivity contribution in [3.8, 4) is 0 Å². The summed E-state index contributed by atoms with van der Waals surface area (Å²) >= 11 is 0. The highest BCUT2D eigenvalue weighted by Crippen LogP contribution is 2.38. The summed E-state index contributed by atoms with van der Waals surface area (Å²) in [6, 6.07) is 0.445. The first-order valence-electron chi connectivity index (χ1n) is 9.04. The van der Waals surface area contributed by atoms with Crippen LogP contribution in [0.3, 0.4) is 0 Å². The smallest absolute Gasteiger partial charge is 0.126 e. The number of hydrogen-bond donors (Lipinski definition) is 1. The van der Waals surface area contributed by atoms with Gasteiger partial charge in [0.2, 0.25) is 0 Å². The van der Waals surface area contributed by atoms with Crippen LogP contribution in [-0.4, -0.2) is 16.1 Å². The second-order valence-electron chi connectivity index (χ2n) is 6.61. The van der Waals surface area contributed by atoms with Crippen LogP contribution in [0.5, 0.6) is 0 Å². The first kappa shape index (κ1) is 16.5. The van der Waals surface area contributed by atoms with E-state index < -0.39 is 0 Å². The second kappa shape index (κ2) is 8.57. The predicted molar refractivity (Wildman–Crippen MR) is 89.3 cm³/mol. The Morgan fingerprint density at radius 1 is 1.29 bits per heavy atom. The zero-order valence-electron chi connectivity index (χ0n) is 14.1. The monoisotopic (exact) mass is 291 g/mol. The first-order chi connectivity index (χ1) is 10.3. The number of imidazole rings is 1. The van der Waals surface area contributed by atoms with Gasteiger partial charge >= 0.3 is 0 Å². The van der Waals surface area contributed by atoms with E-state index in [1.54, 1.807) is 0 Å². The normalized spacial score (nSPS) is 24.1. The molecule has 0 amide bonds. The van der Waals surface area contributed by atoms with E-state index in [4.69, 9.17) is 4.98 Å². The van der Waals surface area contributed by atoms with Crippen LogP contribution in [0.2, 0.25) is 0 Å². The lowest BCUT2D eigenvalue weighted by molar-refractivity contribution is 0.201. The van der Waals surface area contributed by atoms with Crippen molar-refractivity contribution in [3.05, 3.63) is 18.2 Å². The van der Waals surface area contributed by atoms with Gasteiger partial charge < -0.3 is 9.88 Å². The number of hydrogen-bond acceptors (Lipinski definition) is 2. The summed E-state index contributed by atoms with van der Waals surface area (Å²) in [5.74, 6) is 2.95. The van der Waals surface area contributed by atoms with E-state index >= 15 is 0 Å². The van der Waals surface area contributed by atoms with Gasteiger partial charge in [-0.2, -0.15) is 0 Å². The fourth-order valence-corrected chi connectivity index (χ4v) is 3.80. The summed E-state index contributed by atoms with van der Waals surface area (Å²) in [6.07, 6.45) is 13.4. The van der Waals surface area contributed by atoms with Crippen molar-refractivity contribution in [2.45, 2.75) is 78.3 Å². The van der Waals surface area contributed by atoms with Gasteiger partial charge in [0, 0.05) is 18.9 Å². The Morgan fingerprint density at radius 2 is 2.14 bits per heavy atom. The van der Waals surface area contributed by atoms with Crippen molar-refractivity contribution >= 4 is 0 Å². The maximum atomic E-state index is 4.71. The third-order valence-corrected chi connectivity index (χ3v) is 4.98. The lowest BCUT2D eigenvalue weighted by Crippen LogP contribution is -2.34. The van der Waals surface area contributed by atoms with Crippen LogP contribution in [0.1, 0.15) is 77.6 Å². The van der Waals surface area contributed by atoms with Crippen LogP contribution in [0, 0.1) is 11.8 Å². The van der Waals surface area contributed by atoms with Crippen molar-refractivity contribution in [2.75, 3.05) is 6.54 Å². The molecule has 0 aliphatic heterocycles. The van der Waals surface area contributed by atoms with Gasteiger partial charge in [-0.25, -0.2) is 4.98 Å². The van der Waals surface area contributed by atoms with E-state index in [1.165, 1.54) is 50.8 Å². The third-order valence-electron chi connectivity index (χ3n) is 4.98. The molecule has 1 N–H and O–H groups in total. The summed E-state index contributed by atoms with van der Waals surface area (Å²) in [6.45, 7) is 9.02. The summed E-state index contributed by atoms with van der Waals surface area (Å²) in [5.41, 5.74) is 0. The molecule has 0 radical (unpaired) electrons. The standard InChI is InChI=1S/C18H33N3/c1-4-10-19-17(16-9-7-8-15(6-3)14-16)18-20-11-13-21(18)12-5-2/h11,13,15-17,19H,4-10,12,14H2,1-3H3. The van der Waals surface area contributed by atoms with Crippen LogP contribution in [0.4, 0.5) is 0 Å². The Morgan fingerprint density at radius 3 is 2.86 bits per heavy atom. The molecule has 1 aromatic rings. The molecule has 1 heterocycles. The van der Waals surface area contributed by atoms with Gasteiger partial charge in [-0.1, -0.05) is 40.0 Å². The highest BCUT2D eigenvalue weighted by molar-refractivity contribution is 5.03. The molecule has 21 heavy (non-hydrogen) atoms. The number of nitrogens with zero attached hydrogens (tertiary/aromatic N) is 2. The van der Waals surface area contributed by atoms with Crippen molar-refractivity contribution in [2.24, 2.45) is 11.8 Å². The van der Waals surface area contributed by atoms with Crippen molar-refractivity contribution in [3.63, 3.8) is 0 Å². The van der Waals surface area contributed by atoms with Gasteiger partial charge in [-0.15, -0.1) is 0 Å². The van der Waals surface area contributed by atoms with Gasteiger partial charge in [-0.05, 0) is 44.1 Å². The second-order valence-corrected chi connectivity index (χ2v) is 6.61. The van der Waals surface area contributed by atoms with E-state index in [-0.39, 0.29) is 0 Å². The predicted octanol–water partition coefficient (Wildman–Crippen LogP) is 4.55. The third kappa shape index (κ3) is 4.32. The minimum absolute atomic E-state index is 0.445. The SMILES string of the molecule is CCCNC(c1nccn1CCC)C1CCCC(CC)C1. The molecule has 0 spiro atoms. The van der Waals surface area contributed by atoms with Gasteiger partial charge in [-0.3, -0.25) is 0 Å². The average Bonchev–Trinajstić information content (AvgIpc) is 2.97. The van der Waals surface area contributed by atoms with Crippen LogP contribution in [0.25, 0.3) is 0 Å². The van der Waals surface area contributed by atoms with E-state index in [2.05, 4.69) is 36.9 Å². The lowest BCUT2D eigenvalue weighted by atomic mass is 9.76. The van der Waals surface area contributed by atoms with Gasteiger partial charge in [0.1, 0.15) is 5.82 Å². The molecule has 120 valence electrons. The van der Waals surface area contributed by atoms with Crippen molar-refractivity contribution in [1.29, 1.82) is 0 Å². The molecule has 1 aromatic heterocycles. The van der Waals surface area contributed by atoms with Crippen molar-refractivity contribution in [1.82, 2.24) is 14.9 Å². The number of nitrogens with one attached hydrogen (secondary N) is 1. The van der Waals surface area contributed by atoms with Crippen LogP contribution in [0.15, 0.2) is 12.4 Å². The molecule has 0 aromatic carbocycles. The van der Waals surface area contributed by atoms with E-state index in [1.807, 2.05) is 6.20 Å². The maximum absolute atomic E-state index is 4.71. The van der Waals surface area contributed by atoms with E-state index in [0.717, 1.165) is 24.9 Å². The highest BCUT2D eigenvalue weighted by Gasteiger charge is 2.30. The summed E-state index contributed by atoms with van der Waals surface area (Å²) in [7, 11) is 0. The lowest BCUT2D eigenvalue weighted by Gasteiger charge is -2.34. The number of aryl methyl sites for hydroxylation is 1. The molecule has 0 bridgehead atoms. The summed E-state index contributed by atoms with van der Waals surface area (Å²) < 4.78 is 2.36. The van der Waals surface area contributed by atoms with Crippen LogP contribution < -0.4 is 5.32 Å². The zero-order chi connectivity index (χ0) is 15.1. The minimum Gasteiger partial charge on any atom is -0.334 e. The van der Waals surface area contributed by atoms with E-state index in [0.29, 0.717) is 6.04 Å². The molecule has 1 aliphatic rings.